The number of unbranched alkanes of at least 4 members (excludes halogenated alkanes) is 30. The van der Waals surface area contributed by atoms with Gasteiger partial charge in [-0.05, 0) is 0 Å². The average molecular weight is 717 g/mol. The lowest BCUT2D eigenvalue weighted by Gasteiger charge is -2.05. The molecule has 1 rings (SSSR count). The molecule has 50 heavy (non-hydrogen) atoms. The molecule has 0 aromatic heterocycles. The Morgan fingerprint density at radius 3 is 0.420 bits per heavy atom. The van der Waals surface area contributed by atoms with Crippen LogP contribution in [0.4, 0.5) is 9.59 Å². The van der Waals surface area contributed by atoms with E-state index in [1.807, 2.05) is 0 Å². The van der Waals surface area contributed by atoms with Crippen LogP contribution in [0.5, 0.6) is 0 Å². The van der Waals surface area contributed by atoms with Gasteiger partial charge in [0.15, 0.2) is 0 Å². The molecule has 4 N–H and O–H groups in total. The highest BCUT2D eigenvalue weighted by molar-refractivity contribution is 5.53. The van der Waals surface area contributed by atoms with E-state index in [9.17, 15) is 0 Å². The fraction of sp³-hybridized carbons (Fsp3) is 0.955. The third-order valence-corrected chi connectivity index (χ3v) is 9.41. The summed E-state index contributed by atoms with van der Waals surface area (Å²) in [7, 11) is 0. The van der Waals surface area contributed by atoms with Crippen LogP contribution in [0.3, 0.4) is 0 Å². The van der Waals surface area contributed by atoms with E-state index in [0.29, 0.717) is 0 Å². The van der Waals surface area contributed by atoms with Gasteiger partial charge in [0, 0.05) is 0 Å². The van der Waals surface area contributed by atoms with Crippen molar-refractivity contribution < 1.29 is 30.0 Å². The molecule has 1 fully saturated rings. The van der Waals surface area contributed by atoms with Gasteiger partial charge in [0.1, 0.15) is 0 Å². The summed E-state index contributed by atoms with van der Waals surface area (Å²) in [6, 6.07) is 0. The van der Waals surface area contributed by atoms with Crippen molar-refractivity contribution in [3.05, 3.63) is 0 Å². The van der Waals surface area contributed by atoms with Crippen LogP contribution in [0, 0.1) is 0 Å². The second-order valence-electron chi connectivity index (χ2n) is 14.6. The van der Waals surface area contributed by atoms with Gasteiger partial charge in [-0.2, -0.15) is 0 Å². The number of rotatable bonds is 30. The van der Waals surface area contributed by atoms with Gasteiger partial charge < -0.3 is 20.4 Å². The number of carbonyl (C=O) groups is 2. The molecule has 0 unspecified atom stereocenters. The molecule has 0 heterocycles. The van der Waals surface area contributed by atoms with Gasteiger partial charge in [-0.25, -0.2) is 9.59 Å². The van der Waals surface area contributed by atoms with Crippen molar-refractivity contribution in [1.82, 2.24) is 0 Å². The van der Waals surface area contributed by atoms with Gasteiger partial charge in [-0.1, -0.05) is 272 Å². The maximum Gasteiger partial charge on any atom is 0.503 e. The van der Waals surface area contributed by atoms with Crippen molar-refractivity contribution >= 4 is 12.3 Å². The average Bonchev–Trinajstić information content (AvgIpc) is 3.09. The zero-order chi connectivity index (χ0) is 38.0. The van der Waals surface area contributed by atoms with Crippen LogP contribution in [0.25, 0.3) is 0 Å². The molecule has 6 heteroatoms. The molecule has 0 bridgehead atoms. The van der Waals surface area contributed by atoms with E-state index in [1.165, 1.54) is 244 Å². The lowest BCUT2D eigenvalue weighted by molar-refractivity contribution is 0.135. The Balaban J connectivity index is -0.000000306. The van der Waals surface area contributed by atoms with Crippen LogP contribution < -0.4 is 0 Å². The summed E-state index contributed by atoms with van der Waals surface area (Å²) in [5.41, 5.74) is 0. The Labute approximate surface area is 313 Å². The molecule has 1 aliphatic rings. The Morgan fingerprint density at radius 2 is 0.340 bits per heavy atom. The number of hydrogen-bond acceptors (Lipinski definition) is 2. The highest BCUT2D eigenvalue weighted by Gasteiger charge is 1.96. The molecular formula is C44H92O6. The highest BCUT2D eigenvalue weighted by atomic mass is 16.6. The summed E-state index contributed by atoms with van der Waals surface area (Å²) in [6.45, 7) is 9.18. The normalized spacial score (nSPS) is 11.8. The first kappa shape index (κ1) is 55.3. The monoisotopic (exact) mass is 717 g/mol. The van der Waals surface area contributed by atoms with Crippen LogP contribution in [0.2, 0.25) is 0 Å². The fourth-order valence-electron chi connectivity index (χ4n) is 6.30. The summed E-state index contributed by atoms with van der Waals surface area (Å²) in [5, 5.41) is 27.9. The molecule has 0 radical (unpaired) electrons. The summed E-state index contributed by atoms with van der Waals surface area (Å²) in [5.74, 6) is 0. The topological polar surface area (TPSA) is 115 Å². The molecule has 1 saturated carbocycles. The molecule has 0 aliphatic heterocycles. The van der Waals surface area contributed by atoms with Crippen LogP contribution in [0.1, 0.15) is 272 Å². The van der Waals surface area contributed by atoms with Gasteiger partial charge in [0.25, 0.3) is 0 Å². The lowest BCUT2D eigenvalue weighted by atomic mass is 10.0. The SMILES string of the molecule is C1CCCCC1.CCCCCCCCCCCCCCCCCC.CCCCCCCCCCCCCCCCCC.O=C(O)O.O=C(O)O. The van der Waals surface area contributed by atoms with Gasteiger partial charge in [0.05, 0.1) is 0 Å². The first-order valence-electron chi connectivity index (χ1n) is 22.1. The quantitative estimate of drug-likeness (QED) is 0.0550. The predicted molar refractivity (Wildman–Crippen MR) is 219 cm³/mol. The van der Waals surface area contributed by atoms with E-state index < -0.39 is 12.3 Å². The molecule has 0 spiro atoms. The van der Waals surface area contributed by atoms with E-state index in [0.717, 1.165) is 0 Å². The second kappa shape index (κ2) is 56.9. The Morgan fingerprint density at radius 1 is 0.260 bits per heavy atom. The van der Waals surface area contributed by atoms with E-state index in [1.54, 1.807) is 0 Å². The molecule has 0 aromatic carbocycles. The van der Waals surface area contributed by atoms with Crippen molar-refractivity contribution in [2.24, 2.45) is 0 Å². The molecule has 6 nitrogen and oxygen atoms in total. The summed E-state index contributed by atoms with van der Waals surface area (Å²) in [6.07, 6.45) is 52.2. The smallest absolute Gasteiger partial charge is 0.450 e. The Hall–Kier alpha value is -1.46. The first-order valence-corrected chi connectivity index (χ1v) is 22.1. The minimum absolute atomic E-state index is 1.37. The van der Waals surface area contributed by atoms with Crippen LogP contribution in [-0.4, -0.2) is 32.7 Å². The zero-order valence-electron chi connectivity index (χ0n) is 34.5. The van der Waals surface area contributed by atoms with Crippen molar-refractivity contribution in [2.45, 2.75) is 272 Å². The summed E-state index contributed by atoms with van der Waals surface area (Å²) in [4.78, 5) is 17.1. The molecule has 0 amide bonds. The van der Waals surface area contributed by atoms with Crippen molar-refractivity contribution in [3.8, 4) is 0 Å². The molecule has 1 aliphatic carbocycles. The number of carboxylic acid groups (broad SMARTS) is 4. The summed E-state index contributed by atoms with van der Waals surface area (Å²) < 4.78 is 0. The number of hydrogen-bond donors (Lipinski definition) is 4. The Kier molecular flexibility index (Phi) is 62.9. The zero-order valence-corrected chi connectivity index (χ0v) is 34.5. The third kappa shape index (κ3) is 80.9. The third-order valence-electron chi connectivity index (χ3n) is 9.41. The van der Waals surface area contributed by atoms with Gasteiger partial charge >= 0.3 is 12.3 Å². The van der Waals surface area contributed by atoms with Crippen molar-refractivity contribution in [3.63, 3.8) is 0 Å². The maximum atomic E-state index is 8.56. The van der Waals surface area contributed by atoms with Crippen molar-refractivity contribution in [2.75, 3.05) is 0 Å². The maximum absolute atomic E-state index is 8.56. The minimum atomic E-state index is -1.83. The molecule has 304 valence electrons. The van der Waals surface area contributed by atoms with Crippen molar-refractivity contribution in [1.29, 1.82) is 0 Å². The van der Waals surface area contributed by atoms with E-state index >= 15 is 0 Å². The first-order chi connectivity index (χ1) is 24.3. The fourth-order valence-corrected chi connectivity index (χ4v) is 6.30. The van der Waals surface area contributed by atoms with E-state index in [4.69, 9.17) is 30.0 Å². The van der Waals surface area contributed by atoms with Gasteiger partial charge in [-0.15, -0.1) is 0 Å². The van der Waals surface area contributed by atoms with Crippen LogP contribution in [0.15, 0.2) is 0 Å². The molecule has 0 saturated heterocycles. The van der Waals surface area contributed by atoms with E-state index in [-0.39, 0.29) is 0 Å². The lowest BCUT2D eigenvalue weighted by Crippen LogP contribution is -1.85. The Bertz CT molecular complexity index is 483. The molecular weight excluding hydrogens is 624 g/mol. The van der Waals surface area contributed by atoms with Gasteiger partial charge in [0.2, 0.25) is 0 Å². The molecule has 0 atom stereocenters. The standard InChI is InChI=1S/2C18H38.C6H12.2CH2O3/c2*1-3-5-7-9-11-13-15-17-18-16-14-12-10-8-6-4-2;1-2-4-6-5-3-1;2*2-1(3)4/h2*3-18H2,1-2H3;1-6H2;2*(H2,2,3,4). The largest absolute Gasteiger partial charge is 0.503 e. The van der Waals surface area contributed by atoms with E-state index in [2.05, 4.69) is 27.7 Å². The highest BCUT2D eigenvalue weighted by Crippen LogP contribution is 2.16. The predicted octanol–water partition coefficient (Wildman–Crippen LogP) is 17.3. The van der Waals surface area contributed by atoms with Crippen LogP contribution >= 0.6 is 0 Å². The second-order valence-corrected chi connectivity index (χ2v) is 14.6. The molecule has 0 aromatic rings. The van der Waals surface area contributed by atoms with Gasteiger partial charge in [-0.3, -0.25) is 0 Å². The summed E-state index contributed by atoms with van der Waals surface area (Å²) >= 11 is 0. The van der Waals surface area contributed by atoms with Crippen LogP contribution in [-0.2, 0) is 0 Å². The minimum Gasteiger partial charge on any atom is -0.450 e.